The van der Waals surface area contributed by atoms with Crippen LogP contribution in [0.1, 0.15) is 85.0 Å². The largest absolute Gasteiger partial charge is 0.469 e. The number of Topliss-reactive ketones (excluding diaryl/α,β-unsaturated/α-hetero) is 1. The molecule has 2 N–H and O–H groups in total. The molecule has 0 amide bonds. The average Bonchev–Trinajstić information content (AvgIpc) is 2.82. The lowest BCUT2D eigenvalue weighted by Crippen LogP contribution is -2.32. The molecule has 0 aromatic heterocycles. The highest BCUT2D eigenvalue weighted by atomic mass is 16.5. The van der Waals surface area contributed by atoms with Crippen molar-refractivity contribution in [3.8, 4) is 11.8 Å². The van der Waals surface area contributed by atoms with Gasteiger partial charge in [0.15, 0.2) is 0 Å². The van der Waals surface area contributed by atoms with Crippen molar-refractivity contribution in [3.05, 3.63) is 0 Å². The average molecular weight is 395 g/mol. The van der Waals surface area contributed by atoms with E-state index in [0.717, 1.165) is 25.7 Å². The molecule has 0 radical (unpaired) electrons. The summed E-state index contributed by atoms with van der Waals surface area (Å²) in [4.78, 5) is 23.9. The first-order chi connectivity index (χ1) is 13.3. The van der Waals surface area contributed by atoms with Crippen LogP contribution in [0, 0.1) is 29.1 Å². The smallest absolute Gasteiger partial charge is 0.305 e. The summed E-state index contributed by atoms with van der Waals surface area (Å²) < 4.78 is 4.60. The fourth-order valence-electron chi connectivity index (χ4n) is 4.03. The van der Waals surface area contributed by atoms with Gasteiger partial charge in [0.05, 0.1) is 19.3 Å². The predicted octanol–water partition coefficient (Wildman–Crippen LogP) is 3.65. The van der Waals surface area contributed by atoms with Gasteiger partial charge in [-0.1, -0.05) is 40.0 Å². The molecule has 28 heavy (non-hydrogen) atoms. The quantitative estimate of drug-likeness (QED) is 0.317. The molecule has 0 bridgehead atoms. The highest BCUT2D eigenvalue weighted by Gasteiger charge is 2.53. The number of rotatable bonds is 11. The van der Waals surface area contributed by atoms with E-state index in [9.17, 15) is 19.8 Å². The molecule has 4 atom stereocenters. The second kappa shape index (κ2) is 12.2. The molecular weight excluding hydrogens is 356 g/mol. The molecule has 160 valence electrons. The summed E-state index contributed by atoms with van der Waals surface area (Å²) >= 11 is 0. The number of esters is 1. The molecule has 5 heteroatoms. The first-order valence-electron chi connectivity index (χ1n) is 10.7. The first-order valence-corrected chi connectivity index (χ1v) is 10.7. The molecule has 0 spiro atoms. The van der Waals surface area contributed by atoms with Crippen molar-refractivity contribution in [1.29, 1.82) is 0 Å². The molecule has 0 aromatic carbocycles. The van der Waals surface area contributed by atoms with Gasteiger partial charge in [0.2, 0.25) is 0 Å². The molecule has 1 aliphatic rings. The number of hydrogen-bond donors (Lipinski definition) is 2. The lowest BCUT2D eigenvalue weighted by molar-refractivity contribution is -0.140. The van der Waals surface area contributed by atoms with Crippen molar-refractivity contribution in [3.63, 3.8) is 0 Å². The maximum Gasteiger partial charge on any atom is 0.305 e. The minimum atomic E-state index is -0.769. The monoisotopic (exact) mass is 394 g/mol. The van der Waals surface area contributed by atoms with Gasteiger partial charge in [-0.15, -0.1) is 11.8 Å². The van der Waals surface area contributed by atoms with E-state index in [0.29, 0.717) is 38.5 Å². The Morgan fingerprint density at radius 2 is 1.93 bits per heavy atom. The molecule has 1 rings (SSSR count). The van der Waals surface area contributed by atoms with Crippen LogP contribution in [-0.4, -0.2) is 41.3 Å². The molecule has 1 aliphatic carbocycles. The topological polar surface area (TPSA) is 83.8 Å². The van der Waals surface area contributed by atoms with Crippen molar-refractivity contribution in [2.24, 2.45) is 17.3 Å². The third-order valence-electron chi connectivity index (χ3n) is 5.97. The van der Waals surface area contributed by atoms with Crippen LogP contribution in [0.5, 0.6) is 0 Å². The van der Waals surface area contributed by atoms with E-state index < -0.39 is 11.5 Å². The molecule has 4 unspecified atom stereocenters. The third kappa shape index (κ3) is 7.22. The Morgan fingerprint density at radius 3 is 2.57 bits per heavy atom. The molecule has 1 fully saturated rings. The Hall–Kier alpha value is -1.38. The normalized spacial score (nSPS) is 24.5. The molecule has 0 aliphatic heterocycles. The molecular formula is C23H38O5. The summed E-state index contributed by atoms with van der Waals surface area (Å²) in [6.45, 7) is 5.74. The third-order valence-corrected chi connectivity index (χ3v) is 5.97. The van der Waals surface area contributed by atoms with Gasteiger partial charge in [0, 0.05) is 30.6 Å². The molecule has 5 nitrogen and oxygen atoms in total. The lowest BCUT2D eigenvalue weighted by Gasteiger charge is -2.25. The van der Waals surface area contributed by atoms with Crippen LogP contribution < -0.4 is 0 Å². The highest BCUT2D eigenvalue weighted by Crippen LogP contribution is 2.45. The van der Waals surface area contributed by atoms with Gasteiger partial charge in [-0.3, -0.25) is 9.59 Å². The van der Waals surface area contributed by atoms with Gasteiger partial charge in [-0.2, -0.15) is 0 Å². The number of aliphatic hydroxyl groups is 2. The lowest BCUT2D eigenvalue weighted by atomic mass is 9.85. The zero-order valence-electron chi connectivity index (χ0n) is 18.0. The second-order valence-electron chi connectivity index (χ2n) is 8.52. The van der Waals surface area contributed by atoms with Crippen molar-refractivity contribution in [2.75, 3.05) is 7.11 Å². The predicted molar refractivity (Wildman–Crippen MR) is 109 cm³/mol. The van der Waals surface area contributed by atoms with Gasteiger partial charge >= 0.3 is 5.97 Å². The van der Waals surface area contributed by atoms with Gasteiger partial charge < -0.3 is 14.9 Å². The van der Waals surface area contributed by atoms with E-state index in [1.807, 2.05) is 0 Å². The second-order valence-corrected chi connectivity index (χ2v) is 8.52. The Labute approximate surface area is 170 Å². The van der Waals surface area contributed by atoms with Crippen molar-refractivity contribution in [1.82, 2.24) is 0 Å². The summed E-state index contributed by atoms with van der Waals surface area (Å²) in [5.74, 6) is 5.48. The summed E-state index contributed by atoms with van der Waals surface area (Å²) in [6, 6.07) is 0. The number of ether oxygens (including phenoxy) is 1. The van der Waals surface area contributed by atoms with E-state index >= 15 is 0 Å². The standard InChI is InChI=1S/C23H38O5/c1-5-6-9-12-17(24)15-16-19-18(21(26)23(2,3)22(19)27)13-10-7-8-11-14-20(25)28-4/h17-19,22,24,27H,5-6,8-9,11-16H2,1-4H3. The Morgan fingerprint density at radius 1 is 1.21 bits per heavy atom. The summed E-state index contributed by atoms with van der Waals surface area (Å²) in [5.41, 5.74) is -0.769. The van der Waals surface area contributed by atoms with Crippen LogP contribution in [0.25, 0.3) is 0 Å². The number of aliphatic hydroxyl groups excluding tert-OH is 2. The van der Waals surface area contributed by atoms with Gasteiger partial charge in [0.1, 0.15) is 5.78 Å². The maximum atomic E-state index is 12.8. The zero-order valence-corrected chi connectivity index (χ0v) is 18.0. The Kier molecular flexibility index (Phi) is 10.8. The molecule has 0 aromatic rings. The van der Waals surface area contributed by atoms with Crippen molar-refractivity contribution >= 4 is 11.8 Å². The SMILES string of the molecule is CCCCCC(O)CCC1C(CC#CCCCC(=O)OC)C(=O)C(C)(C)C1O. The number of methoxy groups -OCH3 is 1. The number of carbonyl (C=O) groups excluding carboxylic acids is 2. The van der Waals surface area contributed by atoms with Gasteiger partial charge in [-0.05, 0) is 31.6 Å². The van der Waals surface area contributed by atoms with Crippen LogP contribution in [0.3, 0.4) is 0 Å². The Balaban J connectivity index is 2.59. The fourth-order valence-corrected chi connectivity index (χ4v) is 4.03. The summed E-state index contributed by atoms with van der Waals surface area (Å²) in [7, 11) is 1.37. The minimum Gasteiger partial charge on any atom is -0.469 e. The van der Waals surface area contributed by atoms with E-state index in [-0.39, 0.29) is 29.7 Å². The first kappa shape index (κ1) is 24.7. The van der Waals surface area contributed by atoms with Crippen molar-refractivity contribution < 1.29 is 24.5 Å². The zero-order chi connectivity index (χ0) is 21.2. The van der Waals surface area contributed by atoms with Crippen LogP contribution >= 0.6 is 0 Å². The summed E-state index contributed by atoms with van der Waals surface area (Å²) in [6.07, 6.45) is 6.19. The van der Waals surface area contributed by atoms with Gasteiger partial charge in [0.25, 0.3) is 0 Å². The van der Waals surface area contributed by atoms with Crippen LogP contribution in [0.15, 0.2) is 0 Å². The molecule has 0 saturated heterocycles. The van der Waals surface area contributed by atoms with Gasteiger partial charge in [-0.25, -0.2) is 0 Å². The van der Waals surface area contributed by atoms with Crippen molar-refractivity contribution in [2.45, 2.75) is 97.2 Å². The minimum absolute atomic E-state index is 0.0642. The van der Waals surface area contributed by atoms with E-state index in [4.69, 9.17) is 0 Å². The van der Waals surface area contributed by atoms with E-state index in [1.165, 1.54) is 7.11 Å². The fraction of sp³-hybridized carbons (Fsp3) is 0.826. The number of ketones is 1. The van der Waals surface area contributed by atoms with Crippen LogP contribution in [-0.2, 0) is 14.3 Å². The highest BCUT2D eigenvalue weighted by molar-refractivity contribution is 5.90. The maximum absolute atomic E-state index is 12.8. The summed E-state index contributed by atoms with van der Waals surface area (Å²) in [5, 5.41) is 20.9. The number of hydrogen-bond acceptors (Lipinski definition) is 5. The van der Waals surface area contributed by atoms with Crippen LogP contribution in [0.2, 0.25) is 0 Å². The number of carbonyl (C=O) groups is 2. The Bertz CT molecular complexity index is 557. The van der Waals surface area contributed by atoms with E-state index in [1.54, 1.807) is 13.8 Å². The molecule has 1 saturated carbocycles. The number of unbranched alkanes of at least 4 members (excludes halogenated alkanes) is 3. The molecule has 0 heterocycles. The van der Waals surface area contributed by atoms with Crippen LogP contribution in [0.4, 0.5) is 0 Å². The van der Waals surface area contributed by atoms with E-state index in [2.05, 4.69) is 23.5 Å².